The zero-order valence-electron chi connectivity index (χ0n) is 18.0. The Bertz CT molecular complexity index is 816. The minimum absolute atomic E-state index is 0.217. The number of rotatable bonds is 9. The molecule has 2 aromatic carbocycles. The molecule has 0 bridgehead atoms. The zero-order valence-corrected chi connectivity index (χ0v) is 18.0. The molecule has 1 heterocycles. The number of likely N-dealkylation sites (N-methyl/N-ethyl adjacent to an activating group) is 1. The minimum atomic E-state index is -0.523. The lowest BCUT2D eigenvalue weighted by Gasteiger charge is -2.36. The van der Waals surface area contributed by atoms with Gasteiger partial charge in [-0.1, -0.05) is 68.4 Å². The SMILES string of the molecule is CCC1(CC)OC(CCCOC(=O)[C@H](C)NC)(c2ccccc2)c2ccccc21. The molecule has 1 unspecified atom stereocenters. The lowest BCUT2D eigenvalue weighted by molar-refractivity contribution is -0.148. The first kappa shape index (κ1) is 21.5. The number of hydrogen-bond donors (Lipinski definition) is 1. The molecule has 0 radical (unpaired) electrons. The highest BCUT2D eigenvalue weighted by atomic mass is 16.5. The topological polar surface area (TPSA) is 47.6 Å². The average molecular weight is 396 g/mol. The van der Waals surface area contributed by atoms with Crippen LogP contribution in [-0.2, 0) is 25.5 Å². The summed E-state index contributed by atoms with van der Waals surface area (Å²) in [6.07, 6.45) is 3.33. The van der Waals surface area contributed by atoms with Crippen molar-refractivity contribution in [3.05, 3.63) is 71.3 Å². The highest BCUT2D eigenvalue weighted by Gasteiger charge is 2.52. The van der Waals surface area contributed by atoms with Crippen LogP contribution in [-0.4, -0.2) is 25.7 Å². The van der Waals surface area contributed by atoms with Gasteiger partial charge in [-0.3, -0.25) is 4.79 Å². The largest absolute Gasteiger partial charge is 0.465 e. The van der Waals surface area contributed by atoms with Gasteiger partial charge in [-0.05, 0) is 56.3 Å². The molecule has 0 aliphatic carbocycles. The van der Waals surface area contributed by atoms with E-state index in [9.17, 15) is 4.79 Å². The Morgan fingerprint density at radius 3 is 2.28 bits per heavy atom. The van der Waals surface area contributed by atoms with Crippen LogP contribution in [0.3, 0.4) is 0 Å². The van der Waals surface area contributed by atoms with Crippen LogP contribution in [0, 0.1) is 0 Å². The third-order valence-corrected chi connectivity index (χ3v) is 6.31. The summed E-state index contributed by atoms with van der Waals surface area (Å²) >= 11 is 0. The predicted molar refractivity (Wildman–Crippen MR) is 116 cm³/mol. The second kappa shape index (κ2) is 9.10. The molecule has 0 amide bonds. The molecule has 4 nitrogen and oxygen atoms in total. The van der Waals surface area contributed by atoms with Crippen LogP contribution in [0.4, 0.5) is 0 Å². The van der Waals surface area contributed by atoms with Gasteiger partial charge in [-0.25, -0.2) is 0 Å². The number of nitrogens with one attached hydrogen (secondary N) is 1. The van der Waals surface area contributed by atoms with Crippen molar-refractivity contribution in [3.8, 4) is 0 Å². The predicted octanol–water partition coefficient (Wildman–Crippen LogP) is 4.91. The summed E-state index contributed by atoms with van der Waals surface area (Å²) in [6, 6.07) is 18.8. The summed E-state index contributed by atoms with van der Waals surface area (Å²) in [5.41, 5.74) is 2.87. The standard InChI is InChI=1S/C25H33NO3/c1-5-24(6-2)21-15-10-11-16-22(21)25(29-24,20-13-8-7-9-14-20)17-12-18-28-23(27)19(3)26-4/h7-11,13-16,19,26H,5-6,12,17-18H2,1-4H3/t19-,25?/m0/s1. The first-order valence-corrected chi connectivity index (χ1v) is 10.7. The fourth-order valence-corrected chi connectivity index (χ4v) is 4.44. The van der Waals surface area contributed by atoms with E-state index in [0.29, 0.717) is 6.61 Å². The molecule has 0 spiro atoms. The van der Waals surface area contributed by atoms with Crippen molar-refractivity contribution in [2.45, 2.75) is 63.7 Å². The monoisotopic (exact) mass is 395 g/mol. The van der Waals surface area contributed by atoms with E-state index in [-0.39, 0.29) is 17.6 Å². The highest BCUT2D eigenvalue weighted by molar-refractivity contribution is 5.75. The van der Waals surface area contributed by atoms with Crippen LogP contribution in [0.2, 0.25) is 0 Å². The Morgan fingerprint density at radius 2 is 1.66 bits per heavy atom. The number of carbonyl (C=O) groups excluding carboxylic acids is 1. The first-order valence-electron chi connectivity index (χ1n) is 10.7. The van der Waals surface area contributed by atoms with Gasteiger partial charge < -0.3 is 14.8 Å². The van der Waals surface area contributed by atoms with Gasteiger partial charge in [-0.2, -0.15) is 0 Å². The van der Waals surface area contributed by atoms with E-state index in [1.165, 1.54) is 11.1 Å². The van der Waals surface area contributed by atoms with Crippen LogP contribution in [0.15, 0.2) is 54.6 Å². The highest BCUT2D eigenvalue weighted by Crippen LogP contribution is 2.55. The molecule has 156 valence electrons. The number of carbonyl (C=O) groups is 1. The van der Waals surface area contributed by atoms with Crippen molar-refractivity contribution in [3.63, 3.8) is 0 Å². The Labute approximate surface area is 174 Å². The van der Waals surface area contributed by atoms with Gasteiger partial charge in [0.05, 0.1) is 12.2 Å². The summed E-state index contributed by atoms with van der Waals surface area (Å²) in [5, 5.41) is 2.92. The van der Waals surface area contributed by atoms with Crippen molar-refractivity contribution in [1.29, 1.82) is 0 Å². The van der Waals surface area contributed by atoms with Gasteiger partial charge in [0, 0.05) is 0 Å². The van der Waals surface area contributed by atoms with Gasteiger partial charge >= 0.3 is 5.97 Å². The molecule has 1 aliphatic rings. The molecule has 2 atom stereocenters. The summed E-state index contributed by atoms with van der Waals surface area (Å²) < 4.78 is 12.5. The van der Waals surface area contributed by atoms with Crippen molar-refractivity contribution in [2.24, 2.45) is 0 Å². The van der Waals surface area contributed by atoms with Crippen molar-refractivity contribution >= 4 is 5.97 Å². The molecule has 29 heavy (non-hydrogen) atoms. The quantitative estimate of drug-likeness (QED) is 0.484. The molecule has 3 rings (SSSR count). The van der Waals surface area contributed by atoms with Crippen LogP contribution < -0.4 is 5.32 Å². The van der Waals surface area contributed by atoms with Crippen molar-refractivity contribution < 1.29 is 14.3 Å². The Kier molecular flexibility index (Phi) is 6.76. The normalized spacial score (nSPS) is 20.8. The lowest BCUT2D eigenvalue weighted by atomic mass is 9.80. The number of esters is 1. The zero-order chi connectivity index (χ0) is 20.9. The fraction of sp³-hybridized carbons (Fsp3) is 0.480. The van der Waals surface area contributed by atoms with E-state index in [4.69, 9.17) is 9.47 Å². The maximum absolute atomic E-state index is 12.0. The van der Waals surface area contributed by atoms with E-state index in [1.54, 1.807) is 14.0 Å². The van der Waals surface area contributed by atoms with Crippen molar-refractivity contribution in [1.82, 2.24) is 5.32 Å². The van der Waals surface area contributed by atoms with Gasteiger partial charge in [0.25, 0.3) is 0 Å². The van der Waals surface area contributed by atoms with Crippen LogP contribution in [0.5, 0.6) is 0 Å². The molecule has 1 aliphatic heterocycles. The molecular formula is C25H33NO3. The van der Waals surface area contributed by atoms with E-state index in [2.05, 4.69) is 67.7 Å². The third-order valence-electron chi connectivity index (χ3n) is 6.31. The maximum atomic E-state index is 12.0. The van der Waals surface area contributed by atoms with Gasteiger partial charge in [-0.15, -0.1) is 0 Å². The molecular weight excluding hydrogens is 362 g/mol. The molecule has 2 aromatic rings. The van der Waals surface area contributed by atoms with E-state index >= 15 is 0 Å². The molecule has 4 heteroatoms. The molecule has 1 N–H and O–H groups in total. The van der Waals surface area contributed by atoms with E-state index in [1.807, 2.05) is 6.07 Å². The summed E-state index contributed by atoms with van der Waals surface area (Å²) in [6.45, 7) is 6.59. The van der Waals surface area contributed by atoms with Crippen LogP contribution in [0.25, 0.3) is 0 Å². The first-order chi connectivity index (χ1) is 14.0. The second-order valence-corrected chi connectivity index (χ2v) is 7.82. The average Bonchev–Trinajstić information content (AvgIpc) is 3.08. The Balaban J connectivity index is 1.92. The third kappa shape index (κ3) is 3.96. The number of benzene rings is 2. The van der Waals surface area contributed by atoms with Crippen molar-refractivity contribution in [2.75, 3.05) is 13.7 Å². The molecule has 0 saturated heterocycles. The number of ether oxygens (including phenoxy) is 2. The molecule has 0 fully saturated rings. The number of hydrogen-bond acceptors (Lipinski definition) is 4. The lowest BCUT2D eigenvalue weighted by Crippen LogP contribution is -2.34. The van der Waals surface area contributed by atoms with Gasteiger partial charge in [0.15, 0.2) is 0 Å². The van der Waals surface area contributed by atoms with Gasteiger partial charge in [0.2, 0.25) is 0 Å². The van der Waals surface area contributed by atoms with Crippen LogP contribution >= 0.6 is 0 Å². The van der Waals surface area contributed by atoms with Crippen LogP contribution in [0.1, 0.15) is 63.1 Å². The Hall–Kier alpha value is -2.17. The number of fused-ring (bicyclic) bond motifs is 1. The molecule has 0 saturated carbocycles. The maximum Gasteiger partial charge on any atom is 0.322 e. The summed E-state index contributed by atoms with van der Waals surface area (Å²) in [5.74, 6) is -0.217. The molecule has 0 aromatic heterocycles. The van der Waals surface area contributed by atoms with Gasteiger partial charge in [0.1, 0.15) is 11.6 Å². The summed E-state index contributed by atoms with van der Waals surface area (Å²) in [4.78, 5) is 12.0. The van der Waals surface area contributed by atoms with E-state index in [0.717, 1.165) is 31.2 Å². The fourth-order valence-electron chi connectivity index (χ4n) is 4.44. The smallest absolute Gasteiger partial charge is 0.322 e. The summed E-state index contributed by atoms with van der Waals surface area (Å²) in [7, 11) is 1.76. The minimum Gasteiger partial charge on any atom is -0.465 e. The second-order valence-electron chi connectivity index (χ2n) is 7.82. The Morgan fingerprint density at radius 1 is 1.03 bits per heavy atom. The van der Waals surface area contributed by atoms with E-state index < -0.39 is 5.60 Å².